The summed E-state index contributed by atoms with van der Waals surface area (Å²) in [7, 11) is 0. The van der Waals surface area contributed by atoms with E-state index < -0.39 is 60.5 Å². The van der Waals surface area contributed by atoms with Crippen molar-refractivity contribution in [2.75, 3.05) is 13.1 Å². The largest absolute Gasteiger partial charge is 0.444 e. The van der Waals surface area contributed by atoms with Gasteiger partial charge in [0.25, 0.3) is 0 Å². The molecule has 0 aromatic carbocycles. The molecule has 1 spiro atoms. The first-order chi connectivity index (χ1) is 12.4. The Morgan fingerprint density at radius 1 is 1.14 bits per heavy atom. The Bertz CT molecular complexity index is 622. The van der Waals surface area contributed by atoms with E-state index in [1.807, 2.05) is 0 Å². The minimum absolute atomic E-state index is 0.114. The summed E-state index contributed by atoms with van der Waals surface area (Å²) in [4.78, 5) is 25.9. The zero-order valence-corrected chi connectivity index (χ0v) is 16.1. The third-order valence-corrected chi connectivity index (χ3v) is 5.12. The summed E-state index contributed by atoms with van der Waals surface area (Å²) in [5, 5.41) is 0. The topological polar surface area (TPSA) is 49.9 Å². The molecule has 0 radical (unpaired) electrons. The van der Waals surface area contributed by atoms with Gasteiger partial charge in [-0.2, -0.15) is 26.3 Å². The number of halogens is 6. The van der Waals surface area contributed by atoms with Crippen LogP contribution in [0.2, 0.25) is 0 Å². The quantitative estimate of drug-likeness (QED) is 0.648. The lowest BCUT2D eigenvalue weighted by molar-refractivity contribution is -0.183. The molecule has 2 amide bonds. The van der Waals surface area contributed by atoms with E-state index in [0.29, 0.717) is 17.7 Å². The fourth-order valence-electron chi connectivity index (χ4n) is 3.61. The van der Waals surface area contributed by atoms with E-state index in [1.165, 1.54) is 27.7 Å². The van der Waals surface area contributed by atoms with Crippen LogP contribution in [0.15, 0.2) is 0 Å². The Morgan fingerprint density at radius 2 is 1.68 bits per heavy atom. The predicted octanol–water partition coefficient (Wildman–Crippen LogP) is 4.12. The number of nitrogens with zero attached hydrogens (tertiary/aromatic N) is 2. The summed E-state index contributed by atoms with van der Waals surface area (Å²) in [5.41, 5.74) is -1.84. The van der Waals surface area contributed by atoms with Crippen LogP contribution in [0, 0.1) is 5.41 Å². The number of alkyl halides is 6. The molecule has 2 fully saturated rings. The number of rotatable bonds is 3. The summed E-state index contributed by atoms with van der Waals surface area (Å²) in [6.45, 7) is 2.45. The van der Waals surface area contributed by atoms with Gasteiger partial charge >= 0.3 is 18.4 Å². The minimum Gasteiger partial charge on any atom is -0.444 e. The first kappa shape index (κ1) is 22.6. The van der Waals surface area contributed by atoms with Gasteiger partial charge in [-0.15, -0.1) is 0 Å². The van der Waals surface area contributed by atoms with E-state index >= 15 is 0 Å². The normalized spacial score (nSPS) is 25.1. The SMILES string of the molecule is C[C@H]1N(CC(F)(F)F)C(=O)C(N(CC(F)(F)F)C(=O)OC(C)(C)C)CC12CC2. The van der Waals surface area contributed by atoms with Crippen LogP contribution in [0.25, 0.3) is 0 Å². The lowest BCUT2D eigenvalue weighted by atomic mass is 9.83. The number of hydrogen-bond acceptors (Lipinski definition) is 3. The van der Waals surface area contributed by atoms with Crippen LogP contribution in [-0.2, 0) is 9.53 Å². The molecule has 28 heavy (non-hydrogen) atoms. The predicted molar refractivity (Wildman–Crippen MR) is 86.3 cm³/mol. The summed E-state index contributed by atoms with van der Waals surface area (Å²) in [6, 6.07) is -2.43. The van der Waals surface area contributed by atoms with Crippen LogP contribution < -0.4 is 0 Å². The number of amides is 2. The lowest BCUT2D eigenvalue weighted by Gasteiger charge is -2.46. The van der Waals surface area contributed by atoms with E-state index in [-0.39, 0.29) is 11.3 Å². The van der Waals surface area contributed by atoms with Crippen molar-refractivity contribution in [3.05, 3.63) is 0 Å². The van der Waals surface area contributed by atoms with Gasteiger partial charge in [0, 0.05) is 6.04 Å². The van der Waals surface area contributed by atoms with E-state index in [2.05, 4.69) is 0 Å². The molecule has 0 aromatic rings. The molecule has 2 rings (SSSR count). The molecule has 0 aromatic heterocycles. The zero-order chi connectivity index (χ0) is 21.7. The van der Waals surface area contributed by atoms with E-state index in [0.717, 1.165) is 0 Å². The minimum atomic E-state index is -4.84. The Kier molecular flexibility index (Phi) is 5.64. The molecule has 2 atom stereocenters. The van der Waals surface area contributed by atoms with Crippen molar-refractivity contribution in [1.29, 1.82) is 0 Å². The number of carbonyl (C=O) groups excluding carboxylic acids is 2. The van der Waals surface area contributed by atoms with Gasteiger partial charge in [-0.3, -0.25) is 9.69 Å². The Morgan fingerprint density at radius 3 is 2.07 bits per heavy atom. The van der Waals surface area contributed by atoms with Crippen LogP contribution in [0.3, 0.4) is 0 Å². The van der Waals surface area contributed by atoms with Crippen LogP contribution in [0.1, 0.15) is 47.0 Å². The Balaban J connectivity index is 2.37. The van der Waals surface area contributed by atoms with Crippen molar-refractivity contribution in [3.63, 3.8) is 0 Å². The van der Waals surface area contributed by atoms with Gasteiger partial charge in [0.05, 0.1) is 0 Å². The van der Waals surface area contributed by atoms with Crippen LogP contribution in [0.4, 0.5) is 31.1 Å². The summed E-state index contributed by atoms with van der Waals surface area (Å²) >= 11 is 0. The number of ether oxygens (including phenoxy) is 1. The number of piperidine rings is 1. The maximum absolute atomic E-state index is 13.1. The lowest BCUT2D eigenvalue weighted by Crippen LogP contribution is -2.63. The van der Waals surface area contributed by atoms with Gasteiger partial charge < -0.3 is 9.64 Å². The molecule has 162 valence electrons. The molecule has 2 aliphatic rings. The first-order valence-electron chi connectivity index (χ1n) is 8.88. The molecule has 5 nitrogen and oxygen atoms in total. The average molecular weight is 418 g/mol. The van der Waals surface area contributed by atoms with Crippen LogP contribution in [0.5, 0.6) is 0 Å². The van der Waals surface area contributed by atoms with Crippen molar-refractivity contribution in [1.82, 2.24) is 9.80 Å². The maximum Gasteiger partial charge on any atom is 0.411 e. The van der Waals surface area contributed by atoms with Gasteiger partial charge in [-0.1, -0.05) is 0 Å². The highest BCUT2D eigenvalue weighted by Gasteiger charge is 2.60. The fourth-order valence-corrected chi connectivity index (χ4v) is 3.61. The standard InChI is InChI=1S/C17H24F6N2O3/c1-10-15(5-6-15)7-11(12(26)24(10)8-16(18,19)20)25(9-17(21,22)23)13(27)28-14(2,3)4/h10-11H,5-9H2,1-4H3/t10-,11?/m1/s1. The third kappa shape index (κ3) is 5.44. The smallest absolute Gasteiger partial charge is 0.411 e. The van der Waals surface area contributed by atoms with E-state index in [9.17, 15) is 35.9 Å². The van der Waals surface area contributed by atoms with Crippen LogP contribution in [-0.4, -0.2) is 64.9 Å². The van der Waals surface area contributed by atoms with Crippen molar-refractivity contribution in [2.24, 2.45) is 5.41 Å². The highest BCUT2D eigenvalue weighted by molar-refractivity contribution is 5.87. The van der Waals surface area contributed by atoms with Crippen molar-refractivity contribution in [2.45, 2.75) is 77.0 Å². The molecule has 1 unspecified atom stereocenters. The van der Waals surface area contributed by atoms with E-state index in [1.54, 1.807) is 0 Å². The molecule has 11 heteroatoms. The number of carbonyl (C=O) groups is 2. The van der Waals surface area contributed by atoms with Gasteiger partial charge in [-0.05, 0) is 52.4 Å². The molecule has 0 bridgehead atoms. The molecule has 0 N–H and O–H groups in total. The second-order valence-corrected chi connectivity index (χ2v) is 8.56. The molecular formula is C17H24F6N2O3. The average Bonchev–Trinajstić information content (AvgIpc) is 3.22. The van der Waals surface area contributed by atoms with Crippen LogP contribution >= 0.6 is 0 Å². The molecule has 1 heterocycles. The first-order valence-corrected chi connectivity index (χ1v) is 8.88. The third-order valence-electron chi connectivity index (χ3n) is 5.12. The number of likely N-dealkylation sites (tertiary alicyclic amines) is 1. The van der Waals surface area contributed by atoms with E-state index in [4.69, 9.17) is 4.74 Å². The summed E-state index contributed by atoms with van der Waals surface area (Å²) in [6.07, 6.45) is -10.1. The maximum atomic E-state index is 13.1. The fraction of sp³-hybridized carbons (Fsp3) is 0.882. The van der Waals surface area contributed by atoms with Gasteiger partial charge in [0.15, 0.2) is 0 Å². The highest BCUT2D eigenvalue weighted by atomic mass is 19.4. The van der Waals surface area contributed by atoms with Gasteiger partial charge in [-0.25, -0.2) is 4.79 Å². The highest BCUT2D eigenvalue weighted by Crippen LogP contribution is 2.57. The molecule has 1 aliphatic carbocycles. The molecule has 1 saturated heterocycles. The van der Waals surface area contributed by atoms with Gasteiger partial charge in [0.2, 0.25) is 5.91 Å². The van der Waals surface area contributed by atoms with Gasteiger partial charge in [0.1, 0.15) is 24.7 Å². The second kappa shape index (κ2) is 6.98. The monoisotopic (exact) mass is 418 g/mol. The van der Waals surface area contributed by atoms with Crippen molar-refractivity contribution >= 4 is 12.0 Å². The molecule has 1 aliphatic heterocycles. The number of hydrogen-bond donors (Lipinski definition) is 0. The van der Waals surface area contributed by atoms with Crippen molar-refractivity contribution < 1.29 is 40.7 Å². The Labute approximate surface area is 159 Å². The molecular weight excluding hydrogens is 394 g/mol. The second-order valence-electron chi connectivity index (χ2n) is 8.56. The van der Waals surface area contributed by atoms with Crippen molar-refractivity contribution in [3.8, 4) is 0 Å². The molecule has 1 saturated carbocycles. The Hall–Kier alpha value is -1.68. The summed E-state index contributed by atoms with van der Waals surface area (Å²) < 4.78 is 83.1. The summed E-state index contributed by atoms with van der Waals surface area (Å²) in [5.74, 6) is -1.14. The zero-order valence-electron chi connectivity index (χ0n) is 16.1.